The van der Waals surface area contributed by atoms with E-state index in [1.54, 1.807) is 12.1 Å². The fraction of sp³-hybridized carbons (Fsp3) is 0.188. The molecule has 3 nitrogen and oxygen atoms in total. The molecule has 7 heteroatoms. The van der Waals surface area contributed by atoms with E-state index in [0.717, 1.165) is 17.8 Å². The van der Waals surface area contributed by atoms with Crippen LogP contribution in [0.2, 0.25) is 0 Å². The molecule has 0 unspecified atom stereocenters. The average molecular weight is 323 g/mol. The van der Waals surface area contributed by atoms with Gasteiger partial charge in [0.15, 0.2) is 0 Å². The Morgan fingerprint density at radius 3 is 2.35 bits per heavy atom. The van der Waals surface area contributed by atoms with Crippen LogP contribution in [0.1, 0.15) is 22.5 Å². The van der Waals surface area contributed by atoms with Crippen molar-refractivity contribution in [3.8, 4) is 0 Å². The number of aromatic nitrogens is 2. The summed E-state index contributed by atoms with van der Waals surface area (Å²) in [5.74, 6) is -0.349. The maximum Gasteiger partial charge on any atom is 0.417 e. The zero-order chi connectivity index (χ0) is 16.6. The number of benzene rings is 1. The monoisotopic (exact) mass is 323 g/mol. The van der Waals surface area contributed by atoms with Crippen LogP contribution in [0.4, 0.5) is 17.6 Å². The lowest BCUT2D eigenvalue weighted by atomic mass is 10.1. The van der Waals surface area contributed by atoms with Crippen molar-refractivity contribution in [3.05, 3.63) is 70.9 Å². The first kappa shape index (κ1) is 15.5. The van der Waals surface area contributed by atoms with Crippen molar-refractivity contribution < 1.29 is 17.6 Å². The average Bonchev–Trinajstić information content (AvgIpc) is 2.84. The summed E-state index contributed by atoms with van der Waals surface area (Å²) in [7, 11) is 0. The third-order valence-corrected chi connectivity index (χ3v) is 3.61. The zero-order valence-electron chi connectivity index (χ0n) is 11.9. The van der Waals surface area contributed by atoms with Crippen molar-refractivity contribution in [3.63, 3.8) is 0 Å². The summed E-state index contributed by atoms with van der Waals surface area (Å²) in [5.41, 5.74) is 7.23. The van der Waals surface area contributed by atoms with Crippen molar-refractivity contribution in [1.82, 2.24) is 9.38 Å². The molecule has 0 amide bonds. The van der Waals surface area contributed by atoms with Crippen molar-refractivity contribution in [2.75, 3.05) is 0 Å². The smallest absolute Gasteiger partial charge is 0.325 e. The molecule has 0 radical (unpaired) electrons. The molecule has 3 aromatic rings. The number of nitrogens with two attached hydrogens (primary N) is 1. The number of hydrogen-bond donors (Lipinski definition) is 1. The molecule has 2 heterocycles. The van der Waals surface area contributed by atoms with E-state index in [9.17, 15) is 17.6 Å². The summed E-state index contributed by atoms with van der Waals surface area (Å²) in [6, 6.07) is 8.19. The van der Waals surface area contributed by atoms with Gasteiger partial charge in [-0.05, 0) is 29.8 Å². The first-order chi connectivity index (χ1) is 10.9. The number of alkyl halides is 3. The number of fused-ring (bicyclic) bond motifs is 1. The topological polar surface area (TPSA) is 43.3 Å². The van der Waals surface area contributed by atoms with Crippen molar-refractivity contribution in [1.29, 1.82) is 0 Å². The van der Waals surface area contributed by atoms with Crippen LogP contribution in [0.15, 0.2) is 42.6 Å². The standard InChI is InChI=1S/C16H13F4N3/c17-12-4-1-10(2-5-12)7-13-14(8-21)23-9-11(16(18,19)20)3-6-15(23)22-13/h1-6,9H,7-8,21H2. The Labute approximate surface area is 129 Å². The van der Waals surface area contributed by atoms with Gasteiger partial charge < -0.3 is 10.1 Å². The van der Waals surface area contributed by atoms with Crippen LogP contribution < -0.4 is 5.73 Å². The number of halogens is 4. The predicted octanol–water partition coefficient (Wildman–Crippen LogP) is 3.54. The molecular formula is C16H13F4N3. The molecular weight excluding hydrogens is 310 g/mol. The van der Waals surface area contributed by atoms with E-state index in [0.29, 0.717) is 23.5 Å². The molecule has 0 aliphatic heterocycles. The van der Waals surface area contributed by atoms with E-state index in [2.05, 4.69) is 4.98 Å². The Hall–Kier alpha value is -2.41. The minimum atomic E-state index is -4.43. The van der Waals surface area contributed by atoms with Gasteiger partial charge in [-0.2, -0.15) is 13.2 Å². The largest absolute Gasteiger partial charge is 0.417 e. The molecule has 0 spiro atoms. The first-order valence-corrected chi connectivity index (χ1v) is 6.90. The molecule has 0 aliphatic rings. The van der Waals surface area contributed by atoms with Gasteiger partial charge in [0.1, 0.15) is 11.5 Å². The Balaban J connectivity index is 2.05. The minimum absolute atomic E-state index is 0.0546. The molecule has 0 bridgehead atoms. The highest BCUT2D eigenvalue weighted by Gasteiger charge is 2.31. The van der Waals surface area contributed by atoms with Gasteiger partial charge in [-0.15, -0.1) is 0 Å². The van der Waals surface area contributed by atoms with Gasteiger partial charge >= 0.3 is 6.18 Å². The number of rotatable bonds is 3. The van der Waals surface area contributed by atoms with Gasteiger partial charge in [-0.3, -0.25) is 0 Å². The van der Waals surface area contributed by atoms with Gasteiger partial charge in [-0.1, -0.05) is 12.1 Å². The normalized spacial score (nSPS) is 12.0. The van der Waals surface area contributed by atoms with E-state index in [-0.39, 0.29) is 12.4 Å². The summed E-state index contributed by atoms with van der Waals surface area (Å²) in [4.78, 5) is 4.35. The van der Waals surface area contributed by atoms with E-state index in [4.69, 9.17) is 5.73 Å². The predicted molar refractivity (Wildman–Crippen MR) is 77.3 cm³/mol. The summed E-state index contributed by atoms with van der Waals surface area (Å²) in [6.45, 7) is 0.0546. The fourth-order valence-electron chi connectivity index (χ4n) is 2.46. The number of hydrogen-bond acceptors (Lipinski definition) is 2. The van der Waals surface area contributed by atoms with Crippen LogP contribution in [0.5, 0.6) is 0 Å². The lowest BCUT2D eigenvalue weighted by Gasteiger charge is -2.08. The lowest BCUT2D eigenvalue weighted by molar-refractivity contribution is -0.137. The maximum atomic E-state index is 12.9. The van der Waals surface area contributed by atoms with Crippen molar-refractivity contribution in [2.24, 2.45) is 5.73 Å². The lowest BCUT2D eigenvalue weighted by Crippen LogP contribution is -2.09. The van der Waals surface area contributed by atoms with Crippen LogP contribution in [-0.4, -0.2) is 9.38 Å². The van der Waals surface area contributed by atoms with Crippen molar-refractivity contribution >= 4 is 5.65 Å². The molecule has 1 aromatic carbocycles. The van der Waals surface area contributed by atoms with Gasteiger partial charge in [-0.25, -0.2) is 9.37 Å². The highest BCUT2D eigenvalue weighted by atomic mass is 19.4. The van der Waals surface area contributed by atoms with Gasteiger partial charge in [0.05, 0.1) is 17.0 Å². The first-order valence-electron chi connectivity index (χ1n) is 6.90. The maximum absolute atomic E-state index is 12.9. The molecule has 3 rings (SSSR count). The van der Waals surface area contributed by atoms with Gasteiger partial charge in [0, 0.05) is 19.2 Å². The summed E-state index contributed by atoms with van der Waals surface area (Å²) < 4.78 is 52.8. The number of imidazole rings is 1. The van der Waals surface area contributed by atoms with Gasteiger partial charge in [0.25, 0.3) is 0 Å². The minimum Gasteiger partial charge on any atom is -0.325 e. The molecule has 0 saturated carbocycles. The second-order valence-corrected chi connectivity index (χ2v) is 5.16. The van der Waals surface area contributed by atoms with Crippen LogP contribution in [0, 0.1) is 5.82 Å². The second kappa shape index (κ2) is 5.66. The third-order valence-electron chi connectivity index (χ3n) is 3.61. The van der Waals surface area contributed by atoms with E-state index in [1.165, 1.54) is 22.6 Å². The Bertz CT molecular complexity index is 835. The highest BCUT2D eigenvalue weighted by molar-refractivity contribution is 5.46. The SMILES string of the molecule is NCc1c(Cc2ccc(F)cc2)nc2ccc(C(F)(F)F)cn12. The Kier molecular flexibility index (Phi) is 3.81. The molecule has 0 fully saturated rings. The zero-order valence-corrected chi connectivity index (χ0v) is 11.9. The van der Waals surface area contributed by atoms with Crippen molar-refractivity contribution in [2.45, 2.75) is 19.1 Å². The number of pyridine rings is 1. The quantitative estimate of drug-likeness (QED) is 0.749. The summed E-state index contributed by atoms with van der Waals surface area (Å²) in [6.07, 6.45) is -3.06. The highest BCUT2D eigenvalue weighted by Crippen LogP contribution is 2.30. The summed E-state index contributed by atoms with van der Waals surface area (Å²) in [5, 5.41) is 0. The van der Waals surface area contributed by atoms with E-state index < -0.39 is 11.7 Å². The number of nitrogens with zero attached hydrogens (tertiary/aromatic N) is 2. The van der Waals surface area contributed by atoms with Crippen LogP contribution >= 0.6 is 0 Å². The van der Waals surface area contributed by atoms with Crippen LogP contribution in [0.3, 0.4) is 0 Å². The Morgan fingerprint density at radius 1 is 1.04 bits per heavy atom. The second-order valence-electron chi connectivity index (χ2n) is 5.16. The Morgan fingerprint density at radius 2 is 1.74 bits per heavy atom. The third kappa shape index (κ3) is 3.05. The molecule has 2 N–H and O–H groups in total. The fourth-order valence-corrected chi connectivity index (χ4v) is 2.46. The molecule has 0 atom stereocenters. The molecule has 0 saturated heterocycles. The van der Waals surface area contributed by atoms with E-state index >= 15 is 0 Å². The van der Waals surface area contributed by atoms with Crippen LogP contribution in [0.25, 0.3) is 5.65 Å². The van der Waals surface area contributed by atoms with Gasteiger partial charge in [0.2, 0.25) is 0 Å². The molecule has 2 aromatic heterocycles. The van der Waals surface area contributed by atoms with Crippen LogP contribution in [-0.2, 0) is 19.1 Å². The van der Waals surface area contributed by atoms with E-state index in [1.807, 2.05) is 0 Å². The molecule has 120 valence electrons. The summed E-state index contributed by atoms with van der Waals surface area (Å²) >= 11 is 0. The molecule has 23 heavy (non-hydrogen) atoms. The molecule has 0 aliphatic carbocycles.